The van der Waals surface area contributed by atoms with E-state index in [0.29, 0.717) is 0 Å². The molecule has 0 radical (unpaired) electrons. The van der Waals surface area contributed by atoms with Gasteiger partial charge in [-0.05, 0) is 34.7 Å². The van der Waals surface area contributed by atoms with Gasteiger partial charge in [0.25, 0.3) is 0 Å². The Morgan fingerprint density at radius 2 is 1.91 bits per heavy atom. The third-order valence-corrected chi connectivity index (χ3v) is 1.99. The predicted molar refractivity (Wildman–Crippen MR) is 44.5 cm³/mol. The molecule has 0 saturated heterocycles. The third-order valence-electron chi connectivity index (χ3n) is 1.17. The van der Waals surface area contributed by atoms with Crippen LogP contribution in [-0.4, -0.2) is 6.29 Å². The molecule has 1 nitrogen and oxygen atoms in total. The van der Waals surface area contributed by atoms with Crippen molar-refractivity contribution in [1.82, 2.24) is 0 Å². The topological polar surface area (TPSA) is 17.1 Å². The zero-order valence-corrected chi connectivity index (χ0v) is 7.43. The van der Waals surface area contributed by atoms with Gasteiger partial charge in [-0.1, -0.05) is 0 Å². The van der Waals surface area contributed by atoms with Gasteiger partial charge >= 0.3 is 0 Å². The quantitative estimate of drug-likeness (QED) is 0.434. The van der Waals surface area contributed by atoms with Gasteiger partial charge in [-0.2, -0.15) is 0 Å². The fraction of sp³-hybridized carbons (Fsp3) is 0. The van der Waals surface area contributed by atoms with Crippen molar-refractivity contribution >= 4 is 28.9 Å². The highest BCUT2D eigenvalue weighted by molar-refractivity contribution is 14.1. The molecule has 1 aromatic rings. The first-order valence-electron chi connectivity index (χ1n) is 2.75. The summed E-state index contributed by atoms with van der Waals surface area (Å²) in [6.07, 6.45) is 0.286. The minimum absolute atomic E-state index is 0.172. The normalized spacial score (nSPS) is 9.73. The van der Waals surface area contributed by atoms with Crippen molar-refractivity contribution in [3.8, 4) is 0 Å². The second-order valence-electron chi connectivity index (χ2n) is 1.91. The molecule has 0 N–H and O–H groups in total. The number of hydrogen-bond acceptors (Lipinski definition) is 1. The van der Waals surface area contributed by atoms with Crippen LogP contribution in [0.1, 0.15) is 10.4 Å². The van der Waals surface area contributed by atoms with E-state index in [1.165, 1.54) is 0 Å². The molecule has 0 aliphatic heterocycles. The number of carbonyl (C=O) groups excluding carboxylic acids is 1. The predicted octanol–water partition coefficient (Wildman–Crippen LogP) is 2.38. The van der Waals surface area contributed by atoms with Crippen LogP contribution in [0.2, 0.25) is 0 Å². The first-order valence-corrected chi connectivity index (χ1v) is 3.82. The maximum absolute atomic E-state index is 12.6. The average Bonchev–Trinajstić information content (AvgIpc) is 1.97. The molecular weight excluding hydrogens is 265 g/mol. The third kappa shape index (κ3) is 1.74. The minimum Gasteiger partial charge on any atom is -0.298 e. The molecule has 0 unspecified atom stereocenters. The summed E-state index contributed by atoms with van der Waals surface area (Å²) in [5, 5.41) is 0. The highest BCUT2D eigenvalue weighted by Crippen LogP contribution is 2.14. The Morgan fingerprint density at radius 1 is 1.27 bits per heavy atom. The summed E-state index contributed by atoms with van der Waals surface area (Å²) in [6, 6.07) is 1.86. The van der Waals surface area contributed by atoms with E-state index in [9.17, 15) is 13.6 Å². The molecule has 1 aromatic carbocycles. The molecule has 0 aliphatic rings. The smallest absolute Gasteiger partial charge is 0.153 e. The first kappa shape index (κ1) is 8.58. The molecule has 0 aromatic heterocycles. The SMILES string of the molecule is O=Cc1cc(F)c(I)cc1F. The molecule has 0 aliphatic carbocycles. The van der Waals surface area contributed by atoms with Gasteiger partial charge in [-0.15, -0.1) is 0 Å². The summed E-state index contributed by atoms with van der Waals surface area (Å²) in [4.78, 5) is 10.1. The molecule has 1 rings (SSSR count). The average molecular weight is 268 g/mol. The molecule has 11 heavy (non-hydrogen) atoms. The number of rotatable bonds is 1. The van der Waals surface area contributed by atoms with E-state index in [1.807, 2.05) is 0 Å². The molecule has 0 saturated carbocycles. The van der Waals surface area contributed by atoms with Crippen LogP contribution in [-0.2, 0) is 0 Å². The Hall–Kier alpha value is -0.520. The van der Waals surface area contributed by atoms with Crippen molar-refractivity contribution < 1.29 is 13.6 Å². The minimum atomic E-state index is -0.689. The Bertz CT molecular complexity index is 299. The fourth-order valence-electron chi connectivity index (χ4n) is 0.628. The maximum atomic E-state index is 12.6. The molecule has 0 heterocycles. The van der Waals surface area contributed by atoms with Crippen LogP contribution in [0.4, 0.5) is 8.78 Å². The Labute approximate surface area is 75.6 Å². The summed E-state index contributed by atoms with van der Waals surface area (Å²) >= 11 is 1.65. The van der Waals surface area contributed by atoms with Crippen molar-refractivity contribution in [3.05, 3.63) is 32.9 Å². The van der Waals surface area contributed by atoms with Crippen molar-refractivity contribution in [2.45, 2.75) is 0 Å². The molecular formula is C7H3F2IO. The first-order chi connectivity index (χ1) is 5.15. The molecule has 0 fully saturated rings. The van der Waals surface area contributed by atoms with Gasteiger partial charge in [0.2, 0.25) is 0 Å². The van der Waals surface area contributed by atoms with Crippen LogP contribution in [0.25, 0.3) is 0 Å². The van der Waals surface area contributed by atoms with Gasteiger partial charge < -0.3 is 0 Å². The van der Waals surface area contributed by atoms with E-state index in [-0.39, 0.29) is 15.4 Å². The van der Waals surface area contributed by atoms with Gasteiger partial charge in [-0.3, -0.25) is 4.79 Å². The molecule has 0 amide bonds. The molecule has 0 spiro atoms. The second kappa shape index (κ2) is 3.25. The van der Waals surface area contributed by atoms with E-state index in [2.05, 4.69) is 0 Å². The van der Waals surface area contributed by atoms with Gasteiger partial charge in [0.15, 0.2) is 6.29 Å². The Morgan fingerprint density at radius 3 is 2.45 bits per heavy atom. The monoisotopic (exact) mass is 268 g/mol. The van der Waals surface area contributed by atoms with Crippen LogP contribution in [0.5, 0.6) is 0 Å². The lowest BCUT2D eigenvalue weighted by molar-refractivity contribution is 0.111. The van der Waals surface area contributed by atoms with E-state index in [1.54, 1.807) is 22.6 Å². The van der Waals surface area contributed by atoms with Crippen molar-refractivity contribution in [2.24, 2.45) is 0 Å². The molecule has 4 heteroatoms. The molecule has 58 valence electrons. The summed E-state index contributed by atoms with van der Waals surface area (Å²) in [7, 11) is 0. The number of aldehydes is 1. The number of carbonyl (C=O) groups is 1. The van der Waals surface area contributed by atoms with Gasteiger partial charge in [0.1, 0.15) is 11.6 Å². The molecule has 0 bridgehead atoms. The van der Waals surface area contributed by atoms with Crippen molar-refractivity contribution in [1.29, 1.82) is 0 Å². The van der Waals surface area contributed by atoms with E-state index in [0.717, 1.165) is 12.1 Å². The number of hydrogen-bond donors (Lipinski definition) is 0. The van der Waals surface area contributed by atoms with Crippen molar-refractivity contribution in [3.63, 3.8) is 0 Å². The largest absolute Gasteiger partial charge is 0.298 e. The lowest BCUT2D eigenvalue weighted by atomic mass is 10.2. The summed E-state index contributed by atoms with van der Waals surface area (Å²) < 4.78 is 25.4. The van der Waals surface area contributed by atoms with Crippen LogP contribution in [0, 0.1) is 15.2 Å². The van der Waals surface area contributed by atoms with E-state index < -0.39 is 11.6 Å². The zero-order valence-electron chi connectivity index (χ0n) is 5.27. The van der Waals surface area contributed by atoms with E-state index in [4.69, 9.17) is 0 Å². The summed E-state index contributed by atoms with van der Waals surface area (Å²) in [5.74, 6) is -1.26. The van der Waals surface area contributed by atoms with Gasteiger partial charge in [0, 0.05) is 0 Å². The number of benzene rings is 1. The van der Waals surface area contributed by atoms with Crippen molar-refractivity contribution in [2.75, 3.05) is 0 Å². The molecule has 0 atom stereocenters. The summed E-state index contributed by atoms with van der Waals surface area (Å²) in [6.45, 7) is 0. The lowest BCUT2D eigenvalue weighted by Crippen LogP contribution is -1.91. The summed E-state index contributed by atoms with van der Waals surface area (Å²) in [5.41, 5.74) is -0.247. The fourth-order valence-corrected chi connectivity index (χ4v) is 1.06. The zero-order chi connectivity index (χ0) is 8.43. The van der Waals surface area contributed by atoms with Crippen LogP contribution in [0.15, 0.2) is 12.1 Å². The maximum Gasteiger partial charge on any atom is 0.153 e. The van der Waals surface area contributed by atoms with Crippen LogP contribution < -0.4 is 0 Å². The standard InChI is InChI=1S/C7H3F2IO/c8-5-2-7(10)6(9)1-4(5)3-11/h1-3H. The highest BCUT2D eigenvalue weighted by Gasteiger charge is 2.06. The van der Waals surface area contributed by atoms with Crippen LogP contribution >= 0.6 is 22.6 Å². The van der Waals surface area contributed by atoms with Gasteiger partial charge in [0.05, 0.1) is 9.13 Å². The highest BCUT2D eigenvalue weighted by atomic mass is 127. The second-order valence-corrected chi connectivity index (χ2v) is 3.07. The van der Waals surface area contributed by atoms with E-state index >= 15 is 0 Å². The van der Waals surface area contributed by atoms with Crippen LogP contribution in [0.3, 0.4) is 0 Å². The number of halogens is 3. The Kier molecular flexibility index (Phi) is 2.53. The Balaban J connectivity index is 3.31. The van der Waals surface area contributed by atoms with Gasteiger partial charge in [-0.25, -0.2) is 8.78 Å². The lowest BCUT2D eigenvalue weighted by Gasteiger charge is -1.96.